The van der Waals surface area contributed by atoms with E-state index in [2.05, 4.69) is 5.32 Å². The van der Waals surface area contributed by atoms with Crippen LogP contribution in [0.25, 0.3) is 0 Å². The van der Waals surface area contributed by atoms with Gasteiger partial charge >= 0.3 is 0 Å². The van der Waals surface area contributed by atoms with Gasteiger partial charge in [-0.1, -0.05) is 0 Å². The topological polar surface area (TPSA) is 49.4 Å². The summed E-state index contributed by atoms with van der Waals surface area (Å²) in [5, 5.41) is 3.04. The second-order valence-corrected chi connectivity index (χ2v) is 7.04. The van der Waals surface area contributed by atoms with E-state index in [-0.39, 0.29) is 13.1 Å². The minimum absolute atomic E-state index is 0.287. The molecule has 0 aliphatic carbocycles. The number of hydrogen-bond donors (Lipinski definition) is 1. The molecule has 21 heavy (non-hydrogen) atoms. The lowest BCUT2D eigenvalue weighted by Crippen LogP contribution is -2.40. The molecule has 1 aliphatic heterocycles. The van der Waals surface area contributed by atoms with Crippen molar-refractivity contribution in [1.29, 1.82) is 0 Å². The van der Waals surface area contributed by atoms with E-state index in [0.29, 0.717) is 30.9 Å². The Balaban J connectivity index is 2.20. The second kappa shape index (κ2) is 6.33. The number of nitrogens with one attached hydrogen (secondary N) is 1. The van der Waals surface area contributed by atoms with Gasteiger partial charge in [0.05, 0.1) is 4.90 Å². The molecule has 0 aromatic heterocycles. The Bertz CT molecular complexity index is 591. The van der Waals surface area contributed by atoms with Crippen LogP contribution in [0.15, 0.2) is 17.0 Å². The molecular formula is C13H17F3N2O2S. The van der Waals surface area contributed by atoms with Crippen molar-refractivity contribution in [2.45, 2.75) is 17.7 Å². The van der Waals surface area contributed by atoms with Crippen molar-refractivity contribution in [2.75, 3.05) is 26.7 Å². The molecule has 0 unspecified atom stereocenters. The Kier molecular flexibility index (Phi) is 4.90. The molecular weight excluding hydrogens is 305 g/mol. The van der Waals surface area contributed by atoms with E-state index in [1.165, 1.54) is 4.31 Å². The van der Waals surface area contributed by atoms with Gasteiger partial charge in [-0.05, 0) is 44.5 Å². The molecule has 0 bridgehead atoms. The zero-order valence-electron chi connectivity index (χ0n) is 11.6. The predicted molar refractivity (Wildman–Crippen MR) is 71.7 cm³/mol. The third-order valence-corrected chi connectivity index (χ3v) is 5.54. The predicted octanol–water partition coefficient (Wildman–Crippen LogP) is 1.72. The van der Waals surface area contributed by atoms with Crippen LogP contribution in [0.2, 0.25) is 0 Å². The number of rotatable bonds is 4. The van der Waals surface area contributed by atoms with Crippen molar-refractivity contribution in [3.05, 3.63) is 29.6 Å². The van der Waals surface area contributed by atoms with Crippen molar-refractivity contribution in [1.82, 2.24) is 9.62 Å². The van der Waals surface area contributed by atoms with E-state index in [1.54, 1.807) is 0 Å². The van der Waals surface area contributed by atoms with Crippen LogP contribution in [0, 0.1) is 23.4 Å². The third-order valence-electron chi connectivity index (χ3n) is 3.66. The molecule has 2 rings (SSSR count). The van der Waals surface area contributed by atoms with Crippen LogP contribution >= 0.6 is 0 Å². The second-order valence-electron chi connectivity index (χ2n) is 5.11. The highest BCUT2D eigenvalue weighted by Gasteiger charge is 2.30. The Labute approximate surface area is 122 Å². The molecule has 0 amide bonds. The summed E-state index contributed by atoms with van der Waals surface area (Å²) in [6, 6.07) is 1.04. The molecule has 1 fully saturated rings. The highest BCUT2D eigenvalue weighted by Crippen LogP contribution is 2.25. The molecule has 1 aromatic rings. The zero-order chi connectivity index (χ0) is 15.6. The van der Waals surface area contributed by atoms with Gasteiger partial charge in [0, 0.05) is 13.1 Å². The summed E-state index contributed by atoms with van der Waals surface area (Å²) in [6.45, 7) is 1.37. The highest BCUT2D eigenvalue weighted by molar-refractivity contribution is 7.89. The Morgan fingerprint density at radius 1 is 1.19 bits per heavy atom. The molecule has 1 aromatic carbocycles. The normalized spacial score (nSPS) is 18.1. The molecule has 118 valence electrons. The van der Waals surface area contributed by atoms with E-state index in [9.17, 15) is 21.6 Å². The maximum Gasteiger partial charge on any atom is 0.243 e. The van der Waals surface area contributed by atoms with Gasteiger partial charge in [-0.25, -0.2) is 21.6 Å². The first-order valence-electron chi connectivity index (χ1n) is 6.65. The molecule has 0 spiro atoms. The minimum atomic E-state index is -4.00. The van der Waals surface area contributed by atoms with Crippen LogP contribution in [0.5, 0.6) is 0 Å². The van der Waals surface area contributed by atoms with Crippen LogP contribution in [-0.4, -0.2) is 39.4 Å². The van der Waals surface area contributed by atoms with Gasteiger partial charge in [0.25, 0.3) is 0 Å². The summed E-state index contributed by atoms with van der Waals surface area (Å²) in [5.41, 5.74) is 0. The van der Waals surface area contributed by atoms with E-state index < -0.39 is 32.4 Å². The van der Waals surface area contributed by atoms with Crippen LogP contribution in [0.3, 0.4) is 0 Å². The van der Waals surface area contributed by atoms with Gasteiger partial charge in [0.15, 0.2) is 17.5 Å². The smallest absolute Gasteiger partial charge is 0.243 e. The van der Waals surface area contributed by atoms with Crippen molar-refractivity contribution in [3.8, 4) is 0 Å². The average Bonchev–Trinajstić information content (AvgIpc) is 2.45. The average molecular weight is 322 g/mol. The molecule has 1 aliphatic rings. The van der Waals surface area contributed by atoms with E-state index in [1.807, 2.05) is 7.05 Å². The Morgan fingerprint density at radius 2 is 1.71 bits per heavy atom. The lowest BCUT2D eigenvalue weighted by Gasteiger charge is -2.31. The maximum absolute atomic E-state index is 13.2. The fourth-order valence-electron chi connectivity index (χ4n) is 2.47. The SMILES string of the molecule is CNCC1CCN(S(=O)(=O)c2cc(F)c(F)c(F)c2)CC1. The fraction of sp³-hybridized carbons (Fsp3) is 0.538. The lowest BCUT2D eigenvalue weighted by atomic mass is 9.98. The highest BCUT2D eigenvalue weighted by atomic mass is 32.2. The summed E-state index contributed by atoms with van der Waals surface area (Å²) in [4.78, 5) is -0.550. The molecule has 8 heteroatoms. The van der Waals surface area contributed by atoms with E-state index in [4.69, 9.17) is 0 Å². The Hall–Kier alpha value is -1.12. The number of nitrogens with zero attached hydrogens (tertiary/aromatic N) is 1. The van der Waals surface area contributed by atoms with Crippen molar-refractivity contribution in [2.24, 2.45) is 5.92 Å². The number of hydrogen-bond acceptors (Lipinski definition) is 3. The quantitative estimate of drug-likeness (QED) is 0.859. The van der Waals surface area contributed by atoms with Gasteiger partial charge in [0.1, 0.15) is 0 Å². The molecule has 0 radical (unpaired) electrons. The number of piperidine rings is 1. The maximum atomic E-state index is 13.2. The third kappa shape index (κ3) is 3.38. The van der Waals surface area contributed by atoms with Gasteiger partial charge in [-0.15, -0.1) is 0 Å². The summed E-state index contributed by atoms with van der Waals surface area (Å²) >= 11 is 0. The van der Waals surface area contributed by atoms with Crippen molar-refractivity contribution < 1.29 is 21.6 Å². The molecule has 0 atom stereocenters. The molecule has 1 saturated heterocycles. The van der Waals surface area contributed by atoms with Crippen LogP contribution < -0.4 is 5.32 Å². The summed E-state index contributed by atoms with van der Waals surface area (Å²) < 4.78 is 65.1. The lowest BCUT2D eigenvalue weighted by molar-refractivity contribution is 0.270. The van der Waals surface area contributed by atoms with Crippen molar-refractivity contribution >= 4 is 10.0 Å². The summed E-state index contributed by atoms with van der Waals surface area (Å²) in [7, 11) is -2.17. The van der Waals surface area contributed by atoms with Crippen LogP contribution in [0.1, 0.15) is 12.8 Å². The van der Waals surface area contributed by atoms with Gasteiger partial charge in [0.2, 0.25) is 10.0 Å². The van der Waals surface area contributed by atoms with E-state index >= 15 is 0 Å². The number of benzene rings is 1. The first-order valence-corrected chi connectivity index (χ1v) is 8.09. The molecule has 1 heterocycles. The molecule has 4 nitrogen and oxygen atoms in total. The molecule has 1 N–H and O–H groups in total. The first kappa shape index (κ1) is 16.3. The fourth-order valence-corrected chi connectivity index (χ4v) is 3.97. The molecule has 0 saturated carbocycles. The monoisotopic (exact) mass is 322 g/mol. The van der Waals surface area contributed by atoms with Crippen LogP contribution in [0.4, 0.5) is 13.2 Å². The summed E-state index contributed by atoms with van der Waals surface area (Å²) in [5.74, 6) is -4.29. The first-order chi connectivity index (χ1) is 9.86. The van der Waals surface area contributed by atoms with Gasteiger partial charge in [-0.3, -0.25) is 0 Å². The minimum Gasteiger partial charge on any atom is -0.319 e. The number of halogens is 3. The largest absolute Gasteiger partial charge is 0.319 e. The van der Waals surface area contributed by atoms with Gasteiger partial charge < -0.3 is 5.32 Å². The van der Waals surface area contributed by atoms with Crippen LogP contribution in [-0.2, 0) is 10.0 Å². The summed E-state index contributed by atoms with van der Waals surface area (Å²) in [6.07, 6.45) is 1.35. The van der Waals surface area contributed by atoms with Gasteiger partial charge in [-0.2, -0.15) is 4.31 Å². The zero-order valence-corrected chi connectivity index (χ0v) is 12.4. The standard InChI is InChI=1S/C13H17F3N2O2S/c1-17-8-9-2-4-18(5-3-9)21(19,20)10-6-11(14)13(16)12(15)7-10/h6-7,9,17H,2-5,8H2,1H3. The van der Waals surface area contributed by atoms with Crippen molar-refractivity contribution in [3.63, 3.8) is 0 Å². The number of sulfonamides is 1. The Morgan fingerprint density at radius 3 is 2.19 bits per heavy atom. The van der Waals surface area contributed by atoms with E-state index in [0.717, 1.165) is 6.54 Å².